The Morgan fingerprint density at radius 3 is 2.42 bits per heavy atom. The number of benzene rings is 2. The first-order valence-corrected chi connectivity index (χ1v) is 7.93. The SMILES string of the molecule is Cc1oc(-c2ccc(F)cc2)nc1-c1ccc2cc(C(F)F)cnc2c1. The maximum atomic E-state index is 13.1. The normalized spacial score (nSPS) is 11.4. The molecule has 2 aromatic carbocycles. The molecule has 2 aromatic heterocycles. The van der Waals surface area contributed by atoms with Gasteiger partial charge in [0.2, 0.25) is 5.89 Å². The maximum Gasteiger partial charge on any atom is 0.265 e. The molecule has 0 amide bonds. The molecule has 0 fully saturated rings. The van der Waals surface area contributed by atoms with Crippen LogP contribution < -0.4 is 0 Å². The molecule has 0 bridgehead atoms. The van der Waals surface area contributed by atoms with Gasteiger partial charge in [0.05, 0.1) is 5.52 Å². The largest absolute Gasteiger partial charge is 0.441 e. The van der Waals surface area contributed by atoms with Crippen LogP contribution in [-0.4, -0.2) is 9.97 Å². The average Bonchev–Trinajstić information content (AvgIpc) is 3.03. The summed E-state index contributed by atoms with van der Waals surface area (Å²) in [6, 6.07) is 12.6. The summed E-state index contributed by atoms with van der Waals surface area (Å²) in [6.07, 6.45) is -1.38. The fourth-order valence-electron chi connectivity index (χ4n) is 2.79. The molecule has 0 unspecified atom stereocenters. The minimum atomic E-state index is -2.55. The van der Waals surface area contributed by atoms with E-state index in [9.17, 15) is 13.2 Å². The van der Waals surface area contributed by atoms with Crippen molar-refractivity contribution in [2.45, 2.75) is 13.3 Å². The van der Waals surface area contributed by atoms with E-state index in [2.05, 4.69) is 9.97 Å². The Balaban J connectivity index is 1.75. The van der Waals surface area contributed by atoms with Crippen LogP contribution in [0, 0.1) is 12.7 Å². The molecule has 4 rings (SSSR count). The number of fused-ring (bicyclic) bond motifs is 1. The monoisotopic (exact) mass is 354 g/mol. The molecule has 130 valence electrons. The van der Waals surface area contributed by atoms with E-state index >= 15 is 0 Å². The molecular weight excluding hydrogens is 341 g/mol. The highest BCUT2D eigenvalue weighted by molar-refractivity contribution is 5.84. The highest BCUT2D eigenvalue weighted by Gasteiger charge is 2.15. The lowest BCUT2D eigenvalue weighted by Crippen LogP contribution is -1.89. The first-order valence-electron chi connectivity index (χ1n) is 7.93. The minimum Gasteiger partial charge on any atom is -0.441 e. The zero-order chi connectivity index (χ0) is 18.3. The Hall–Kier alpha value is -3.15. The molecule has 0 N–H and O–H groups in total. The summed E-state index contributed by atoms with van der Waals surface area (Å²) in [6.45, 7) is 1.78. The van der Waals surface area contributed by atoms with Gasteiger partial charge in [-0.25, -0.2) is 18.2 Å². The van der Waals surface area contributed by atoms with Crippen molar-refractivity contribution in [2.24, 2.45) is 0 Å². The molecule has 0 aliphatic heterocycles. The second kappa shape index (κ2) is 6.29. The van der Waals surface area contributed by atoms with Crippen LogP contribution in [-0.2, 0) is 0 Å². The summed E-state index contributed by atoms with van der Waals surface area (Å²) in [4.78, 5) is 8.61. The third-order valence-corrected chi connectivity index (χ3v) is 4.12. The van der Waals surface area contributed by atoms with Crippen LogP contribution in [0.2, 0.25) is 0 Å². The first kappa shape index (κ1) is 16.3. The number of halogens is 3. The molecule has 3 nitrogen and oxygen atoms in total. The third kappa shape index (κ3) is 2.94. The third-order valence-electron chi connectivity index (χ3n) is 4.12. The summed E-state index contributed by atoms with van der Waals surface area (Å²) >= 11 is 0. The minimum absolute atomic E-state index is 0.110. The fraction of sp³-hybridized carbons (Fsp3) is 0.100. The van der Waals surface area contributed by atoms with Gasteiger partial charge >= 0.3 is 0 Å². The molecule has 0 aliphatic rings. The number of alkyl halides is 2. The molecule has 0 saturated carbocycles. The number of aromatic nitrogens is 2. The van der Waals surface area contributed by atoms with Gasteiger partial charge in [-0.15, -0.1) is 0 Å². The second-order valence-electron chi connectivity index (χ2n) is 5.91. The average molecular weight is 354 g/mol. The molecule has 6 heteroatoms. The molecule has 0 aliphatic carbocycles. The van der Waals surface area contributed by atoms with E-state index < -0.39 is 6.43 Å². The van der Waals surface area contributed by atoms with E-state index in [0.717, 1.165) is 5.56 Å². The number of hydrogen-bond acceptors (Lipinski definition) is 3. The number of oxazole rings is 1. The van der Waals surface area contributed by atoms with Crippen LogP contribution in [0.3, 0.4) is 0 Å². The number of hydrogen-bond donors (Lipinski definition) is 0. The second-order valence-corrected chi connectivity index (χ2v) is 5.91. The van der Waals surface area contributed by atoms with Gasteiger partial charge in [-0.1, -0.05) is 12.1 Å². The predicted octanol–water partition coefficient (Wildman–Crippen LogP) is 5.94. The van der Waals surface area contributed by atoms with Crippen molar-refractivity contribution in [3.05, 3.63) is 71.9 Å². The molecule has 0 atom stereocenters. The van der Waals surface area contributed by atoms with Crippen molar-refractivity contribution < 1.29 is 17.6 Å². The molecule has 0 saturated heterocycles. The maximum absolute atomic E-state index is 13.1. The predicted molar refractivity (Wildman–Crippen MR) is 92.3 cm³/mol. The number of aryl methyl sites for hydroxylation is 1. The zero-order valence-corrected chi connectivity index (χ0v) is 13.7. The van der Waals surface area contributed by atoms with Crippen LogP contribution in [0.25, 0.3) is 33.6 Å². The number of pyridine rings is 1. The highest BCUT2D eigenvalue weighted by atomic mass is 19.3. The lowest BCUT2D eigenvalue weighted by Gasteiger charge is -2.04. The van der Waals surface area contributed by atoms with Gasteiger partial charge in [-0.05, 0) is 43.3 Å². The fourth-order valence-corrected chi connectivity index (χ4v) is 2.79. The summed E-state index contributed by atoms with van der Waals surface area (Å²) in [5.41, 5.74) is 2.55. The van der Waals surface area contributed by atoms with Gasteiger partial charge in [-0.2, -0.15) is 0 Å². The van der Waals surface area contributed by atoms with Crippen LogP contribution >= 0.6 is 0 Å². The van der Waals surface area contributed by atoms with E-state index in [4.69, 9.17) is 4.42 Å². The van der Waals surface area contributed by atoms with Crippen molar-refractivity contribution in [2.75, 3.05) is 0 Å². The van der Waals surface area contributed by atoms with Crippen molar-refractivity contribution >= 4 is 10.9 Å². The van der Waals surface area contributed by atoms with Gasteiger partial charge in [0.15, 0.2) is 0 Å². The molecule has 2 heterocycles. The summed E-state index contributed by atoms with van der Waals surface area (Å²) in [5, 5.41) is 0.631. The van der Waals surface area contributed by atoms with Crippen LogP contribution in [0.4, 0.5) is 13.2 Å². The Morgan fingerprint density at radius 2 is 1.69 bits per heavy atom. The van der Waals surface area contributed by atoms with E-state index in [1.807, 2.05) is 0 Å². The lowest BCUT2D eigenvalue weighted by molar-refractivity contribution is 0.151. The number of nitrogens with zero attached hydrogens (tertiary/aromatic N) is 2. The Labute approximate surface area is 147 Å². The molecule has 0 radical (unpaired) electrons. The van der Waals surface area contributed by atoms with E-state index in [1.54, 1.807) is 37.3 Å². The quantitative estimate of drug-likeness (QED) is 0.457. The molecule has 0 spiro atoms. The topological polar surface area (TPSA) is 38.9 Å². The molecule has 4 aromatic rings. The van der Waals surface area contributed by atoms with Crippen molar-refractivity contribution in [1.82, 2.24) is 9.97 Å². The molecule has 26 heavy (non-hydrogen) atoms. The van der Waals surface area contributed by atoms with Crippen molar-refractivity contribution in [1.29, 1.82) is 0 Å². The lowest BCUT2D eigenvalue weighted by atomic mass is 10.1. The van der Waals surface area contributed by atoms with Crippen molar-refractivity contribution in [3.63, 3.8) is 0 Å². The Bertz CT molecular complexity index is 1090. The Morgan fingerprint density at radius 1 is 0.962 bits per heavy atom. The smallest absolute Gasteiger partial charge is 0.265 e. The van der Waals surface area contributed by atoms with Gasteiger partial charge in [0.25, 0.3) is 6.43 Å². The van der Waals surface area contributed by atoms with Gasteiger partial charge < -0.3 is 4.42 Å². The zero-order valence-electron chi connectivity index (χ0n) is 13.7. The Kier molecular flexibility index (Phi) is 3.95. The van der Waals surface area contributed by atoms with E-state index in [-0.39, 0.29) is 11.4 Å². The summed E-state index contributed by atoms with van der Waals surface area (Å²) in [5.74, 6) is 0.660. The standard InChI is InChI=1S/C20H13F3N2O/c1-11-18(25-20(26-11)12-4-6-16(21)7-5-12)14-3-2-13-8-15(19(22)23)10-24-17(13)9-14/h2-10,19H,1H3. The van der Waals surface area contributed by atoms with Crippen LogP contribution in [0.15, 0.2) is 59.1 Å². The summed E-state index contributed by atoms with van der Waals surface area (Å²) in [7, 11) is 0. The van der Waals surface area contributed by atoms with Crippen molar-refractivity contribution in [3.8, 4) is 22.7 Å². The highest BCUT2D eigenvalue weighted by Crippen LogP contribution is 2.31. The van der Waals surface area contributed by atoms with Crippen LogP contribution in [0.1, 0.15) is 17.7 Å². The van der Waals surface area contributed by atoms with Gasteiger partial charge in [0.1, 0.15) is 17.3 Å². The van der Waals surface area contributed by atoms with Gasteiger partial charge in [-0.3, -0.25) is 4.98 Å². The van der Waals surface area contributed by atoms with E-state index in [1.165, 1.54) is 24.4 Å². The van der Waals surface area contributed by atoms with E-state index in [0.29, 0.717) is 33.8 Å². The first-order chi connectivity index (χ1) is 12.5. The van der Waals surface area contributed by atoms with Gasteiger partial charge in [0, 0.05) is 28.3 Å². The van der Waals surface area contributed by atoms with Crippen LogP contribution in [0.5, 0.6) is 0 Å². The summed E-state index contributed by atoms with van der Waals surface area (Å²) < 4.78 is 44.4. The molecular formula is C20H13F3N2O. The number of rotatable bonds is 3.